The molecule has 1 aliphatic rings. The number of hydrogen-bond acceptors (Lipinski definition) is 3. The van der Waals surface area contributed by atoms with E-state index in [-0.39, 0.29) is 0 Å². The van der Waals surface area contributed by atoms with Gasteiger partial charge in [-0.15, -0.1) is 0 Å². The summed E-state index contributed by atoms with van der Waals surface area (Å²) in [7, 11) is 0. The van der Waals surface area contributed by atoms with Crippen LogP contribution in [0.4, 0.5) is 5.69 Å². The van der Waals surface area contributed by atoms with Gasteiger partial charge in [0.2, 0.25) is 0 Å². The van der Waals surface area contributed by atoms with Gasteiger partial charge >= 0.3 is 0 Å². The third-order valence-electron chi connectivity index (χ3n) is 3.96. The smallest absolute Gasteiger partial charge is 0.142 e. The molecule has 3 rings (SSSR count). The van der Waals surface area contributed by atoms with E-state index < -0.39 is 0 Å². The van der Waals surface area contributed by atoms with Crippen molar-refractivity contribution in [3.63, 3.8) is 0 Å². The minimum Gasteiger partial charge on any atom is -0.491 e. The van der Waals surface area contributed by atoms with Gasteiger partial charge in [-0.05, 0) is 43.0 Å². The Balaban J connectivity index is 1.60. The van der Waals surface area contributed by atoms with Gasteiger partial charge in [0.25, 0.3) is 0 Å². The monoisotopic (exact) mass is 285 g/mol. The van der Waals surface area contributed by atoms with Crippen molar-refractivity contribution in [3.8, 4) is 5.75 Å². The van der Waals surface area contributed by atoms with Gasteiger partial charge in [-0.2, -0.15) is 0 Å². The van der Waals surface area contributed by atoms with E-state index >= 15 is 0 Å². The van der Waals surface area contributed by atoms with Gasteiger partial charge in [0.1, 0.15) is 17.3 Å². The maximum absolute atomic E-state index is 5.92. The molecule has 0 amide bonds. The summed E-state index contributed by atoms with van der Waals surface area (Å²) in [4.78, 5) is 0. The summed E-state index contributed by atoms with van der Waals surface area (Å²) in [6, 6.07) is 12.2. The molecule has 112 valence electrons. The number of benzene rings is 1. The van der Waals surface area contributed by atoms with E-state index in [4.69, 9.17) is 9.15 Å². The maximum Gasteiger partial charge on any atom is 0.142 e. The quantitative estimate of drug-likeness (QED) is 0.793. The number of hydrogen-bond donors (Lipinski definition) is 1. The summed E-state index contributed by atoms with van der Waals surface area (Å²) in [5, 5.41) is 3.40. The second-order valence-corrected chi connectivity index (χ2v) is 5.82. The molecule has 1 heterocycles. The van der Waals surface area contributed by atoms with Gasteiger partial charge in [-0.3, -0.25) is 0 Å². The molecule has 1 fully saturated rings. The number of furan rings is 1. The Morgan fingerprint density at radius 3 is 2.81 bits per heavy atom. The first kappa shape index (κ1) is 14.1. The van der Waals surface area contributed by atoms with Gasteiger partial charge in [-0.1, -0.05) is 26.0 Å². The van der Waals surface area contributed by atoms with E-state index in [9.17, 15) is 0 Å². The molecule has 1 saturated carbocycles. The summed E-state index contributed by atoms with van der Waals surface area (Å²) < 4.78 is 11.7. The van der Waals surface area contributed by atoms with Crippen LogP contribution in [0.25, 0.3) is 0 Å². The lowest BCUT2D eigenvalue weighted by Crippen LogP contribution is -2.02. The van der Waals surface area contributed by atoms with E-state index in [1.165, 1.54) is 6.42 Å². The van der Waals surface area contributed by atoms with Crippen LogP contribution in [0, 0.1) is 5.92 Å². The number of para-hydroxylation sites is 2. The second-order valence-electron chi connectivity index (χ2n) is 5.82. The zero-order valence-corrected chi connectivity index (χ0v) is 12.8. The zero-order chi connectivity index (χ0) is 14.7. The van der Waals surface area contributed by atoms with Crippen molar-refractivity contribution >= 4 is 5.69 Å². The maximum atomic E-state index is 5.92. The van der Waals surface area contributed by atoms with Crippen molar-refractivity contribution in [2.75, 3.05) is 11.9 Å². The van der Waals surface area contributed by atoms with Crippen molar-refractivity contribution in [3.05, 3.63) is 47.9 Å². The third kappa shape index (κ3) is 3.41. The van der Waals surface area contributed by atoms with Gasteiger partial charge in [0, 0.05) is 5.92 Å². The lowest BCUT2D eigenvalue weighted by atomic mass is 10.2. The molecule has 0 saturated heterocycles. The van der Waals surface area contributed by atoms with Crippen LogP contribution in [0.5, 0.6) is 5.75 Å². The van der Waals surface area contributed by atoms with Gasteiger partial charge in [0.15, 0.2) is 0 Å². The predicted octanol–water partition coefficient (Wildman–Crippen LogP) is 4.80. The molecule has 0 bridgehead atoms. The number of ether oxygens (including phenoxy) is 1. The van der Waals surface area contributed by atoms with Crippen LogP contribution in [0.1, 0.15) is 44.1 Å². The summed E-state index contributed by atoms with van der Waals surface area (Å²) >= 11 is 0. The minimum atomic E-state index is 0.638. The SMILES string of the molecule is CCCOc1ccccc1NCc1ccc(C2CC2C)o1. The Labute approximate surface area is 126 Å². The zero-order valence-electron chi connectivity index (χ0n) is 12.8. The lowest BCUT2D eigenvalue weighted by molar-refractivity contribution is 0.318. The fourth-order valence-corrected chi connectivity index (χ4v) is 2.54. The van der Waals surface area contributed by atoms with Gasteiger partial charge < -0.3 is 14.5 Å². The van der Waals surface area contributed by atoms with Crippen molar-refractivity contribution in [1.29, 1.82) is 0 Å². The molecular formula is C18H23NO2. The average Bonchev–Trinajstić information content (AvgIpc) is 3.05. The van der Waals surface area contributed by atoms with E-state index in [0.717, 1.165) is 41.9 Å². The Bertz CT molecular complexity index is 590. The Kier molecular flexibility index (Phi) is 4.18. The first-order chi connectivity index (χ1) is 10.3. The molecule has 3 nitrogen and oxygen atoms in total. The predicted molar refractivity (Wildman–Crippen MR) is 84.8 cm³/mol. The van der Waals surface area contributed by atoms with Crippen LogP contribution >= 0.6 is 0 Å². The van der Waals surface area contributed by atoms with Crippen molar-refractivity contribution in [2.45, 2.75) is 39.2 Å². The van der Waals surface area contributed by atoms with Crippen LogP contribution in [0.3, 0.4) is 0 Å². The van der Waals surface area contributed by atoms with Crippen molar-refractivity contribution < 1.29 is 9.15 Å². The summed E-state index contributed by atoms with van der Waals surface area (Å²) in [6.07, 6.45) is 2.27. The van der Waals surface area contributed by atoms with Crippen molar-refractivity contribution in [2.24, 2.45) is 5.92 Å². The standard InChI is InChI=1S/C18H23NO2/c1-3-10-20-18-7-5-4-6-16(18)19-12-14-8-9-17(21-14)15-11-13(15)2/h4-9,13,15,19H,3,10-12H2,1-2H3. The molecule has 0 aliphatic heterocycles. The molecule has 1 N–H and O–H groups in total. The van der Waals surface area contributed by atoms with Crippen LogP contribution in [0.15, 0.2) is 40.8 Å². The van der Waals surface area contributed by atoms with Gasteiger partial charge in [0.05, 0.1) is 18.8 Å². The molecule has 2 unspecified atom stereocenters. The molecule has 2 atom stereocenters. The van der Waals surface area contributed by atoms with Crippen LogP contribution in [-0.4, -0.2) is 6.61 Å². The Morgan fingerprint density at radius 1 is 1.24 bits per heavy atom. The minimum absolute atomic E-state index is 0.638. The highest BCUT2D eigenvalue weighted by molar-refractivity contribution is 5.56. The Hall–Kier alpha value is -1.90. The topological polar surface area (TPSA) is 34.4 Å². The second kappa shape index (κ2) is 6.25. The highest BCUT2D eigenvalue weighted by Crippen LogP contribution is 2.47. The van der Waals surface area contributed by atoms with Crippen LogP contribution in [-0.2, 0) is 6.54 Å². The number of nitrogens with one attached hydrogen (secondary N) is 1. The summed E-state index contributed by atoms with van der Waals surface area (Å²) in [6.45, 7) is 5.81. The third-order valence-corrected chi connectivity index (χ3v) is 3.96. The molecule has 3 heteroatoms. The normalized spacial score (nSPS) is 20.3. The van der Waals surface area contributed by atoms with Crippen molar-refractivity contribution in [1.82, 2.24) is 0 Å². The summed E-state index contributed by atoms with van der Waals surface area (Å²) in [5.74, 6) is 4.44. The molecular weight excluding hydrogens is 262 g/mol. The molecule has 1 aliphatic carbocycles. The first-order valence-corrected chi connectivity index (χ1v) is 7.82. The van der Waals surface area contributed by atoms with Gasteiger partial charge in [-0.25, -0.2) is 0 Å². The van der Waals surface area contributed by atoms with E-state index in [1.807, 2.05) is 24.3 Å². The molecule has 2 aromatic rings. The largest absolute Gasteiger partial charge is 0.491 e. The fraction of sp³-hybridized carbons (Fsp3) is 0.444. The fourth-order valence-electron chi connectivity index (χ4n) is 2.54. The lowest BCUT2D eigenvalue weighted by Gasteiger charge is -2.11. The molecule has 1 aromatic heterocycles. The van der Waals surface area contributed by atoms with Crippen LogP contribution < -0.4 is 10.1 Å². The number of rotatable bonds is 7. The first-order valence-electron chi connectivity index (χ1n) is 7.82. The highest BCUT2D eigenvalue weighted by atomic mass is 16.5. The van der Waals surface area contributed by atoms with E-state index in [1.54, 1.807) is 0 Å². The van der Waals surface area contributed by atoms with E-state index in [2.05, 4.69) is 31.3 Å². The Morgan fingerprint density at radius 2 is 2.05 bits per heavy atom. The highest BCUT2D eigenvalue weighted by Gasteiger charge is 2.36. The molecule has 0 radical (unpaired) electrons. The van der Waals surface area contributed by atoms with Crippen LogP contribution in [0.2, 0.25) is 0 Å². The van der Waals surface area contributed by atoms with E-state index in [0.29, 0.717) is 12.5 Å². The summed E-state index contributed by atoms with van der Waals surface area (Å²) in [5.41, 5.74) is 1.02. The molecule has 0 spiro atoms. The number of anilines is 1. The molecule has 1 aromatic carbocycles. The molecule has 21 heavy (non-hydrogen) atoms. The average molecular weight is 285 g/mol.